The summed E-state index contributed by atoms with van der Waals surface area (Å²) in [6.07, 6.45) is 1.98. The van der Waals surface area contributed by atoms with Crippen molar-refractivity contribution < 1.29 is 37.0 Å². The van der Waals surface area contributed by atoms with Gasteiger partial charge in [-0.3, -0.25) is 20.7 Å². The zero-order chi connectivity index (χ0) is 34.5. The quantitative estimate of drug-likeness (QED) is 0.190. The molecular weight excluding hydrogens is 659 g/mol. The number of amides is 2. The number of methoxy groups -OCH3 is 2. The minimum absolute atomic E-state index is 0.104. The van der Waals surface area contributed by atoms with E-state index >= 15 is 0 Å². The number of benzene rings is 2. The molecule has 0 radical (unpaired) electrons. The maximum Gasteiger partial charge on any atom is 0.426 e. The van der Waals surface area contributed by atoms with Gasteiger partial charge in [-0.05, 0) is 58.5 Å². The highest BCUT2D eigenvalue weighted by molar-refractivity contribution is 6.30. The molecule has 2 aromatic carbocycles. The molecule has 3 unspecified atom stereocenters. The molecule has 1 aromatic heterocycles. The number of nitrogens with zero attached hydrogens (tertiary/aromatic N) is 4. The normalized spacial score (nSPS) is 23.5. The lowest BCUT2D eigenvalue weighted by atomic mass is 9.94. The molecule has 0 spiro atoms. The molecule has 18 heteroatoms. The number of allylic oxidation sites excluding steroid dienone is 2. The highest BCUT2D eigenvalue weighted by Gasteiger charge is 2.60. The van der Waals surface area contributed by atoms with Crippen LogP contribution in [0, 0.1) is 0 Å². The molecule has 2 bridgehead atoms. The summed E-state index contributed by atoms with van der Waals surface area (Å²) in [5.74, 6) is -2.16. The number of alkyl halides is 3. The number of carbonyl (C=O) groups excluding carboxylic acids is 3. The Kier molecular flexibility index (Phi) is 10.1. The Labute approximate surface area is 276 Å². The monoisotopic (exact) mass is 687 g/mol. The lowest BCUT2D eigenvalue weighted by molar-refractivity contribution is -0.189. The van der Waals surface area contributed by atoms with Crippen molar-refractivity contribution in [3.63, 3.8) is 0 Å². The van der Waals surface area contributed by atoms with Crippen LogP contribution in [0.1, 0.15) is 17.2 Å². The SMILES string of the molecule is COC(=O)Nc1ccc2c(c1)NC(C(=O)OC)(C(F)(F)F)/C=C/C=C\C(NC(=O)/C=C/c1cc(Cl)ccc1-n1cnnn1)[C@H]1NCC2N1. The fourth-order valence-corrected chi connectivity index (χ4v) is 5.36. The second kappa shape index (κ2) is 14.2. The Balaban J connectivity index is 1.49. The second-order valence-corrected chi connectivity index (χ2v) is 11.0. The average Bonchev–Trinajstić information content (AvgIpc) is 3.77. The lowest BCUT2D eigenvalue weighted by Crippen LogP contribution is -2.57. The first-order chi connectivity index (χ1) is 22.9. The van der Waals surface area contributed by atoms with Gasteiger partial charge in [0.1, 0.15) is 6.33 Å². The van der Waals surface area contributed by atoms with E-state index in [1.54, 1.807) is 18.2 Å². The van der Waals surface area contributed by atoms with Crippen LogP contribution in [0.25, 0.3) is 11.8 Å². The number of hydrogen-bond donors (Lipinski definition) is 5. The van der Waals surface area contributed by atoms with E-state index < -0.39 is 47.9 Å². The van der Waals surface area contributed by atoms with Gasteiger partial charge in [0, 0.05) is 40.6 Å². The number of aromatic nitrogens is 4. The summed E-state index contributed by atoms with van der Waals surface area (Å²) >= 11 is 6.17. The van der Waals surface area contributed by atoms with Gasteiger partial charge in [-0.15, -0.1) is 5.10 Å². The number of hydrogen-bond acceptors (Lipinski definition) is 11. The summed E-state index contributed by atoms with van der Waals surface area (Å²) in [6, 6.07) is 7.79. The van der Waals surface area contributed by atoms with Crippen LogP contribution >= 0.6 is 11.6 Å². The third kappa shape index (κ3) is 7.32. The number of fused-ring (bicyclic) bond motifs is 4. The first-order valence-corrected chi connectivity index (χ1v) is 14.6. The molecule has 0 saturated carbocycles. The third-order valence-electron chi connectivity index (χ3n) is 7.51. The Hall–Kier alpha value is -5.26. The van der Waals surface area contributed by atoms with Crippen LogP contribution in [0.5, 0.6) is 0 Å². The summed E-state index contributed by atoms with van der Waals surface area (Å²) in [4.78, 5) is 37.9. The largest absolute Gasteiger partial charge is 0.467 e. The van der Waals surface area contributed by atoms with Crippen LogP contribution in [-0.4, -0.2) is 82.9 Å². The van der Waals surface area contributed by atoms with E-state index in [2.05, 4.69) is 51.6 Å². The van der Waals surface area contributed by atoms with Crippen molar-refractivity contribution in [3.8, 4) is 5.69 Å². The smallest absolute Gasteiger partial charge is 0.426 e. The summed E-state index contributed by atoms with van der Waals surface area (Å²) in [5, 5.41) is 25.7. The highest BCUT2D eigenvalue weighted by atomic mass is 35.5. The lowest BCUT2D eigenvalue weighted by Gasteiger charge is -2.34. The number of anilines is 2. The minimum atomic E-state index is -5.18. The molecule has 2 aliphatic rings. The van der Waals surface area contributed by atoms with Gasteiger partial charge in [0.05, 0.1) is 32.1 Å². The Morgan fingerprint density at radius 2 is 1.94 bits per heavy atom. The number of tetrazole rings is 1. The van der Waals surface area contributed by atoms with Crippen LogP contribution < -0.4 is 26.6 Å². The number of nitrogens with one attached hydrogen (secondary N) is 5. The van der Waals surface area contributed by atoms with Gasteiger partial charge in [-0.1, -0.05) is 35.9 Å². The molecule has 48 heavy (non-hydrogen) atoms. The third-order valence-corrected chi connectivity index (χ3v) is 7.75. The number of carbonyl (C=O) groups is 3. The van der Waals surface area contributed by atoms with E-state index in [1.165, 1.54) is 53.5 Å². The molecule has 4 atom stereocenters. The van der Waals surface area contributed by atoms with Crippen LogP contribution in [0.15, 0.2) is 73.1 Å². The zero-order valence-electron chi connectivity index (χ0n) is 25.3. The van der Waals surface area contributed by atoms with Crippen molar-refractivity contribution in [2.45, 2.75) is 30.0 Å². The topological polar surface area (TPSA) is 173 Å². The first-order valence-electron chi connectivity index (χ1n) is 14.2. The van der Waals surface area contributed by atoms with Gasteiger partial charge < -0.3 is 20.1 Å². The summed E-state index contributed by atoms with van der Waals surface area (Å²) in [6.45, 7) is 0.224. The standard InChI is InChI=1S/C30H29ClF3N9O5/c1-47-27(45)29(30(32,33)34)12-4-3-5-21(38-25(44)11-6-17-13-18(31)7-10-24(17)43-16-36-41-42-43)26-35-15-23(39-26)20-9-8-19(14-22(20)40-29)37-28(46)48-2/h3-14,16,21,23,26,35,39-40H,15H2,1-2H3,(H,37,46)(H,38,44)/b5-3-,11-6+,12-4+/t21?,23?,26-,29?/m0/s1. The van der Waals surface area contributed by atoms with Crippen molar-refractivity contribution in [2.75, 3.05) is 31.4 Å². The predicted molar refractivity (Wildman–Crippen MR) is 168 cm³/mol. The molecule has 5 N–H and O–H groups in total. The van der Waals surface area contributed by atoms with Crippen molar-refractivity contribution in [1.29, 1.82) is 0 Å². The molecule has 3 heterocycles. The van der Waals surface area contributed by atoms with E-state index in [9.17, 15) is 27.6 Å². The molecule has 5 rings (SSSR count). The maximum atomic E-state index is 14.8. The Morgan fingerprint density at radius 3 is 2.65 bits per heavy atom. The van der Waals surface area contributed by atoms with Gasteiger partial charge in [0.2, 0.25) is 5.91 Å². The zero-order valence-corrected chi connectivity index (χ0v) is 26.0. The fourth-order valence-electron chi connectivity index (χ4n) is 5.18. The number of rotatable bonds is 6. The molecule has 1 saturated heterocycles. The fraction of sp³-hybridized carbons (Fsp3) is 0.267. The highest BCUT2D eigenvalue weighted by Crippen LogP contribution is 2.39. The van der Waals surface area contributed by atoms with E-state index in [-0.39, 0.29) is 17.9 Å². The minimum Gasteiger partial charge on any atom is -0.467 e. The average molecular weight is 688 g/mol. The summed E-state index contributed by atoms with van der Waals surface area (Å²) in [7, 11) is 1.98. The van der Waals surface area contributed by atoms with Gasteiger partial charge in [0.15, 0.2) is 0 Å². The molecular formula is C30H29ClF3N9O5. The predicted octanol–water partition coefficient (Wildman–Crippen LogP) is 3.26. The van der Waals surface area contributed by atoms with Crippen LogP contribution in [0.2, 0.25) is 5.02 Å². The molecule has 252 valence electrons. The van der Waals surface area contributed by atoms with Crippen LogP contribution in [0.4, 0.5) is 29.3 Å². The van der Waals surface area contributed by atoms with Crippen molar-refractivity contribution in [2.24, 2.45) is 0 Å². The molecule has 0 aliphatic carbocycles. The van der Waals surface area contributed by atoms with Gasteiger partial charge in [0.25, 0.3) is 5.54 Å². The van der Waals surface area contributed by atoms with E-state index in [0.29, 0.717) is 27.9 Å². The number of ether oxygens (including phenoxy) is 2. The molecule has 2 aliphatic heterocycles. The van der Waals surface area contributed by atoms with Gasteiger partial charge in [-0.2, -0.15) is 17.9 Å². The number of esters is 1. The van der Waals surface area contributed by atoms with E-state index in [1.807, 2.05) is 0 Å². The first kappa shape index (κ1) is 34.1. The molecule has 2 amide bonds. The Morgan fingerprint density at radius 1 is 1.12 bits per heavy atom. The number of halogens is 4. The summed E-state index contributed by atoms with van der Waals surface area (Å²) < 4.78 is 55.0. The molecule has 3 aromatic rings. The van der Waals surface area contributed by atoms with Crippen molar-refractivity contribution in [3.05, 3.63) is 89.3 Å². The van der Waals surface area contributed by atoms with E-state index in [0.717, 1.165) is 20.3 Å². The Bertz CT molecular complexity index is 1770. The van der Waals surface area contributed by atoms with E-state index in [4.69, 9.17) is 11.6 Å². The van der Waals surface area contributed by atoms with Crippen LogP contribution in [0.3, 0.4) is 0 Å². The van der Waals surface area contributed by atoms with Gasteiger partial charge in [-0.25, -0.2) is 9.59 Å². The molecule has 1 fully saturated rings. The second-order valence-electron chi connectivity index (χ2n) is 10.5. The summed E-state index contributed by atoms with van der Waals surface area (Å²) in [5.41, 5.74) is -1.92. The van der Waals surface area contributed by atoms with Crippen LogP contribution in [-0.2, 0) is 19.1 Å². The van der Waals surface area contributed by atoms with Gasteiger partial charge >= 0.3 is 18.2 Å². The molecule has 14 nitrogen and oxygen atoms in total. The van der Waals surface area contributed by atoms with Crippen molar-refractivity contribution in [1.82, 2.24) is 36.2 Å². The maximum absolute atomic E-state index is 14.8. The van der Waals surface area contributed by atoms with Crippen molar-refractivity contribution >= 4 is 47.0 Å².